The summed E-state index contributed by atoms with van der Waals surface area (Å²) in [6.07, 6.45) is -5.31. The normalized spacial score (nSPS) is 18.8. The maximum absolute atomic E-state index is 13.8. The van der Waals surface area contributed by atoms with Crippen molar-refractivity contribution in [2.24, 2.45) is 5.73 Å². The van der Waals surface area contributed by atoms with Crippen molar-refractivity contribution in [1.82, 2.24) is 0 Å². The molecule has 0 spiro atoms. The third-order valence-electron chi connectivity index (χ3n) is 3.25. The molecule has 1 aromatic rings. The Hall–Kier alpha value is -1.17. The maximum Gasteiger partial charge on any atom is 0.416 e. The molecule has 0 atom stereocenters. The second-order valence-electron chi connectivity index (χ2n) is 4.69. The van der Waals surface area contributed by atoms with Gasteiger partial charge in [-0.05, 0) is 24.5 Å². The Morgan fingerprint density at radius 1 is 1.06 bits per heavy atom. The molecule has 1 nitrogen and oxygen atoms in total. The summed E-state index contributed by atoms with van der Waals surface area (Å²) in [7, 11) is 0. The first-order valence-electron chi connectivity index (χ1n) is 5.48. The summed E-state index contributed by atoms with van der Waals surface area (Å²) in [5.74, 6) is -3.31. The predicted molar refractivity (Wildman–Crippen MR) is 56.2 cm³/mol. The SMILES string of the molecule is NC1(C(F)(F)Cc2ccccc2C(F)(F)F)CC1. The Balaban J connectivity index is 2.30. The highest BCUT2D eigenvalue weighted by molar-refractivity contribution is 5.32. The van der Waals surface area contributed by atoms with Gasteiger partial charge in [0.1, 0.15) is 0 Å². The summed E-state index contributed by atoms with van der Waals surface area (Å²) in [5.41, 5.74) is 2.34. The zero-order valence-electron chi connectivity index (χ0n) is 9.40. The quantitative estimate of drug-likeness (QED) is 0.833. The van der Waals surface area contributed by atoms with Crippen LogP contribution in [0.2, 0.25) is 0 Å². The fraction of sp³-hybridized carbons (Fsp3) is 0.500. The van der Waals surface area contributed by atoms with E-state index in [1.807, 2.05) is 0 Å². The lowest BCUT2D eigenvalue weighted by atomic mass is 9.96. The van der Waals surface area contributed by atoms with Gasteiger partial charge in [0.05, 0.1) is 11.1 Å². The second kappa shape index (κ2) is 3.91. The number of alkyl halides is 5. The molecule has 0 unspecified atom stereocenters. The van der Waals surface area contributed by atoms with E-state index in [0.29, 0.717) is 0 Å². The molecule has 0 radical (unpaired) electrons. The molecule has 2 rings (SSSR count). The van der Waals surface area contributed by atoms with Crippen molar-refractivity contribution in [2.45, 2.75) is 36.9 Å². The first-order chi connectivity index (χ1) is 8.16. The van der Waals surface area contributed by atoms with Crippen LogP contribution in [0.15, 0.2) is 24.3 Å². The van der Waals surface area contributed by atoms with Crippen molar-refractivity contribution >= 4 is 0 Å². The lowest BCUT2D eigenvalue weighted by Crippen LogP contribution is -2.45. The molecule has 1 fully saturated rings. The lowest BCUT2D eigenvalue weighted by Gasteiger charge is -2.24. The van der Waals surface area contributed by atoms with E-state index >= 15 is 0 Å². The van der Waals surface area contributed by atoms with E-state index in [2.05, 4.69) is 0 Å². The van der Waals surface area contributed by atoms with Crippen LogP contribution in [-0.4, -0.2) is 11.5 Å². The van der Waals surface area contributed by atoms with E-state index in [1.54, 1.807) is 0 Å². The molecular formula is C12H12F5N. The molecule has 0 amide bonds. The number of benzene rings is 1. The topological polar surface area (TPSA) is 26.0 Å². The average Bonchev–Trinajstić information content (AvgIpc) is 2.97. The molecular weight excluding hydrogens is 253 g/mol. The van der Waals surface area contributed by atoms with Gasteiger partial charge in [-0.25, -0.2) is 8.78 Å². The predicted octanol–water partition coefficient (Wildman–Crippen LogP) is 3.37. The number of hydrogen-bond donors (Lipinski definition) is 1. The summed E-state index contributed by atoms with van der Waals surface area (Å²) in [4.78, 5) is 0. The Kier molecular flexibility index (Phi) is 2.88. The lowest BCUT2D eigenvalue weighted by molar-refractivity contribution is -0.139. The number of rotatable bonds is 3. The first kappa shape index (κ1) is 13.3. The number of halogens is 5. The molecule has 0 aromatic heterocycles. The van der Waals surface area contributed by atoms with E-state index in [9.17, 15) is 22.0 Å². The van der Waals surface area contributed by atoms with Crippen molar-refractivity contribution in [2.75, 3.05) is 0 Å². The molecule has 18 heavy (non-hydrogen) atoms. The average molecular weight is 265 g/mol. The molecule has 1 aliphatic carbocycles. The molecule has 0 saturated heterocycles. The number of nitrogens with two attached hydrogens (primary N) is 1. The van der Waals surface area contributed by atoms with Crippen LogP contribution in [0, 0.1) is 0 Å². The first-order valence-corrected chi connectivity index (χ1v) is 5.48. The van der Waals surface area contributed by atoms with Gasteiger partial charge in [0.2, 0.25) is 0 Å². The van der Waals surface area contributed by atoms with Crippen LogP contribution in [0.3, 0.4) is 0 Å². The van der Waals surface area contributed by atoms with Crippen molar-refractivity contribution in [3.8, 4) is 0 Å². The largest absolute Gasteiger partial charge is 0.416 e. The molecule has 0 heterocycles. The van der Waals surface area contributed by atoms with Gasteiger partial charge in [-0.15, -0.1) is 0 Å². The van der Waals surface area contributed by atoms with Gasteiger partial charge in [-0.1, -0.05) is 18.2 Å². The Morgan fingerprint density at radius 3 is 2.11 bits per heavy atom. The van der Waals surface area contributed by atoms with Crippen molar-refractivity contribution in [1.29, 1.82) is 0 Å². The summed E-state index contributed by atoms with van der Waals surface area (Å²) >= 11 is 0. The monoisotopic (exact) mass is 265 g/mol. The highest BCUT2D eigenvalue weighted by Gasteiger charge is 2.59. The third kappa shape index (κ3) is 2.34. The summed E-state index contributed by atoms with van der Waals surface area (Å²) in [6, 6.07) is 4.38. The van der Waals surface area contributed by atoms with Gasteiger partial charge in [0.25, 0.3) is 5.92 Å². The van der Waals surface area contributed by atoms with E-state index in [-0.39, 0.29) is 12.8 Å². The zero-order chi connectivity index (χ0) is 13.6. The van der Waals surface area contributed by atoms with E-state index in [1.165, 1.54) is 12.1 Å². The smallest absolute Gasteiger partial charge is 0.320 e. The Labute approximate surface area is 101 Å². The van der Waals surface area contributed by atoms with Crippen molar-refractivity contribution < 1.29 is 22.0 Å². The van der Waals surface area contributed by atoms with Gasteiger partial charge in [0.15, 0.2) is 0 Å². The van der Waals surface area contributed by atoms with Crippen LogP contribution < -0.4 is 5.73 Å². The van der Waals surface area contributed by atoms with Crippen LogP contribution in [0.5, 0.6) is 0 Å². The van der Waals surface area contributed by atoms with Crippen LogP contribution >= 0.6 is 0 Å². The molecule has 0 bridgehead atoms. The molecule has 1 aliphatic rings. The molecule has 6 heteroatoms. The highest BCUT2D eigenvalue weighted by Crippen LogP contribution is 2.48. The van der Waals surface area contributed by atoms with Gasteiger partial charge in [-0.2, -0.15) is 13.2 Å². The Bertz CT molecular complexity index is 448. The molecule has 1 saturated carbocycles. The van der Waals surface area contributed by atoms with E-state index < -0.39 is 35.2 Å². The maximum atomic E-state index is 13.8. The Morgan fingerprint density at radius 2 is 1.61 bits per heavy atom. The minimum atomic E-state index is -4.63. The van der Waals surface area contributed by atoms with Crippen LogP contribution in [0.1, 0.15) is 24.0 Å². The highest BCUT2D eigenvalue weighted by atomic mass is 19.4. The molecule has 0 aliphatic heterocycles. The van der Waals surface area contributed by atoms with E-state index in [4.69, 9.17) is 5.73 Å². The summed E-state index contributed by atoms with van der Waals surface area (Å²) in [6.45, 7) is 0. The second-order valence-corrected chi connectivity index (χ2v) is 4.69. The fourth-order valence-corrected chi connectivity index (χ4v) is 1.87. The number of hydrogen-bond acceptors (Lipinski definition) is 1. The minimum absolute atomic E-state index is 0.147. The van der Waals surface area contributed by atoms with Gasteiger partial charge in [0, 0.05) is 6.42 Å². The van der Waals surface area contributed by atoms with Crippen molar-refractivity contribution in [3.05, 3.63) is 35.4 Å². The fourth-order valence-electron chi connectivity index (χ4n) is 1.87. The summed E-state index contributed by atoms with van der Waals surface area (Å²) < 4.78 is 65.5. The van der Waals surface area contributed by atoms with Gasteiger partial charge >= 0.3 is 6.18 Å². The van der Waals surface area contributed by atoms with E-state index in [0.717, 1.165) is 12.1 Å². The van der Waals surface area contributed by atoms with Crippen molar-refractivity contribution in [3.63, 3.8) is 0 Å². The minimum Gasteiger partial charge on any atom is -0.320 e. The standard InChI is InChI=1S/C12H12F5N/c13-11(14,10(18)5-6-10)7-8-3-1-2-4-9(8)12(15,16)17/h1-4H,5-7,18H2. The zero-order valence-corrected chi connectivity index (χ0v) is 9.40. The van der Waals surface area contributed by atoms with Crippen LogP contribution in [0.4, 0.5) is 22.0 Å². The molecule has 2 N–H and O–H groups in total. The van der Waals surface area contributed by atoms with Gasteiger partial charge < -0.3 is 5.73 Å². The van der Waals surface area contributed by atoms with Crippen LogP contribution in [0.25, 0.3) is 0 Å². The molecule has 1 aromatic carbocycles. The van der Waals surface area contributed by atoms with Crippen LogP contribution in [-0.2, 0) is 12.6 Å². The molecule has 100 valence electrons. The van der Waals surface area contributed by atoms with Gasteiger partial charge in [-0.3, -0.25) is 0 Å². The third-order valence-corrected chi connectivity index (χ3v) is 3.25. The summed E-state index contributed by atoms with van der Waals surface area (Å²) in [5, 5.41) is 0.